The summed E-state index contributed by atoms with van der Waals surface area (Å²) >= 11 is 0. The summed E-state index contributed by atoms with van der Waals surface area (Å²) in [7, 11) is 0. The molecule has 4 rings (SSSR count). The van der Waals surface area contributed by atoms with E-state index in [-0.39, 0.29) is 0 Å². The smallest absolute Gasteiger partial charge is 0.137 e. The maximum Gasteiger partial charge on any atom is 0.137 e. The Bertz CT molecular complexity index is 909. The van der Waals surface area contributed by atoms with Gasteiger partial charge in [0.2, 0.25) is 0 Å². The van der Waals surface area contributed by atoms with Gasteiger partial charge in [0.1, 0.15) is 5.65 Å². The Kier molecular flexibility index (Phi) is 2.50. The standard InChI is InChI=1S/C16H12N4O/c17-13-1-2-16-19-8-15(20(16)9-13)11-3-5-18-14(7-11)12-4-6-21-10-12/h1-10H,17H2. The van der Waals surface area contributed by atoms with Gasteiger partial charge in [0, 0.05) is 29.2 Å². The highest BCUT2D eigenvalue weighted by Crippen LogP contribution is 2.26. The van der Waals surface area contributed by atoms with Crippen molar-refractivity contribution in [2.45, 2.75) is 0 Å². The van der Waals surface area contributed by atoms with Crippen molar-refractivity contribution >= 4 is 11.3 Å². The third-order valence-corrected chi connectivity index (χ3v) is 3.40. The maximum absolute atomic E-state index is 5.86. The normalized spacial score (nSPS) is 11.0. The second-order valence-electron chi connectivity index (χ2n) is 4.78. The number of aromatic nitrogens is 3. The Morgan fingerprint density at radius 3 is 2.86 bits per heavy atom. The lowest BCUT2D eigenvalue weighted by molar-refractivity contribution is 0.568. The summed E-state index contributed by atoms with van der Waals surface area (Å²) in [4.78, 5) is 8.77. The Morgan fingerprint density at radius 2 is 2.00 bits per heavy atom. The fourth-order valence-corrected chi connectivity index (χ4v) is 2.37. The van der Waals surface area contributed by atoms with Crippen LogP contribution in [0, 0.1) is 0 Å². The molecule has 0 unspecified atom stereocenters. The zero-order chi connectivity index (χ0) is 14.2. The number of rotatable bonds is 2. The first-order chi connectivity index (χ1) is 10.3. The predicted octanol–water partition coefficient (Wildman–Crippen LogP) is 3.24. The van der Waals surface area contributed by atoms with E-state index in [2.05, 4.69) is 9.97 Å². The molecule has 0 atom stereocenters. The molecule has 5 heteroatoms. The van der Waals surface area contributed by atoms with Crippen molar-refractivity contribution in [1.29, 1.82) is 0 Å². The first-order valence-corrected chi connectivity index (χ1v) is 6.53. The monoisotopic (exact) mass is 276 g/mol. The van der Waals surface area contributed by atoms with Crippen LogP contribution in [0.3, 0.4) is 0 Å². The predicted molar refractivity (Wildman–Crippen MR) is 80.5 cm³/mol. The SMILES string of the molecule is Nc1ccc2ncc(-c3ccnc(-c4ccoc4)c3)n2c1. The molecule has 0 aliphatic carbocycles. The fourth-order valence-electron chi connectivity index (χ4n) is 2.37. The number of hydrogen-bond acceptors (Lipinski definition) is 4. The summed E-state index contributed by atoms with van der Waals surface area (Å²) in [6.45, 7) is 0. The van der Waals surface area contributed by atoms with Gasteiger partial charge in [-0.3, -0.25) is 9.38 Å². The first-order valence-electron chi connectivity index (χ1n) is 6.53. The van der Waals surface area contributed by atoms with Gasteiger partial charge in [-0.15, -0.1) is 0 Å². The molecular weight excluding hydrogens is 264 g/mol. The highest BCUT2D eigenvalue weighted by molar-refractivity contribution is 5.70. The number of pyridine rings is 2. The second-order valence-corrected chi connectivity index (χ2v) is 4.78. The van der Waals surface area contributed by atoms with Crippen LogP contribution in [0.2, 0.25) is 0 Å². The van der Waals surface area contributed by atoms with Gasteiger partial charge in [-0.25, -0.2) is 4.98 Å². The van der Waals surface area contributed by atoms with E-state index < -0.39 is 0 Å². The maximum atomic E-state index is 5.86. The lowest BCUT2D eigenvalue weighted by atomic mass is 10.1. The molecule has 0 aromatic carbocycles. The third-order valence-electron chi connectivity index (χ3n) is 3.40. The number of hydrogen-bond donors (Lipinski definition) is 1. The largest absolute Gasteiger partial charge is 0.472 e. The molecule has 0 aliphatic rings. The molecule has 5 nitrogen and oxygen atoms in total. The molecule has 0 amide bonds. The van der Waals surface area contributed by atoms with Crippen molar-refractivity contribution in [2.75, 3.05) is 5.73 Å². The van der Waals surface area contributed by atoms with E-state index in [0.717, 1.165) is 28.2 Å². The van der Waals surface area contributed by atoms with Gasteiger partial charge in [0.15, 0.2) is 0 Å². The summed E-state index contributed by atoms with van der Waals surface area (Å²) < 4.78 is 7.09. The number of fused-ring (bicyclic) bond motifs is 1. The minimum absolute atomic E-state index is 0.700. The molecule has 0 saturated heterocycles. The molecule has 21 heavy (non-hydrogen) atoms. The van der Waals surface area contributed by atoms with Crippen LogP contribution in [0.25, 0.3) is 28.2 Å². The summed E-state index contributed by atoms with van der Waals surface area (Å²) in [5, 5.41) is 0. The number of imidazole rings is 1. The Morgan fingerprint density at radius 1 is 1.05 bits per heavy atom. The zero-order valence-corrected chi connectivity index (χ0v) is 11.1. The Hall–Kier alpha value is -3.08. The molecule has 0 aliphatic heterocycles. The van der Waals surface area contributed by atoms with E-state index in [4.69, 9.17) is 10.2 Å². The Balaban J connectivity index is 1.89. The van der Waals surface area contributed by atoms with Crippen LogP contribution < -0.4 is 5.73 Å². The van der Waals surface area contributed by atoms with E-state index >= 15 is 0 Å². The highest BCUT2D eigenvalue weighted by Gasteiger charge is 2.08. The van der Waals surface area contributed by atoms with Gasteiger partial charge in [0.25, 0.3) is 0 Å². The van der Waals surface area contributed by atoms with Crippen LogP contribution in [-0.2, 0) is 0 Å². The number of nitrogens with zero attached hydrogens (tertiary/aromatic N) is 3. The van der Waals surface area contributed by atoms with Gasteiger partial charge in [-0.2, -0.15) is 0 Å². The van der Waals surface area contributed by atoms with Crippen LogP contribution in [0.5, 0.6) is 0 Å². The number of furan rings is 1. The summed E-state index contributed by atoms with van der Waals surface area (Å²) in [6, 6.07) is 9.60. The quantitative estimate of drug-likeness (QED) is 0.610. The van der Waals surface area contributed by atoms with E-state index in [9.17, 15) is 0 Å². The molecular formula is C16H12N4O. The Labute approximate surface area is 120 Å². The van der Waals surface area contributed by atoms with Crippen molar-refractivity contribution in [3.05, 3.63) is 61.4 Å². The van der Waals surface area contributed by atoms with Gasteiger partial charge < -0.3 is 10.2 Å². The molecule has 0 spiro atoms. The lowest BCUT2D eigenvalue weighted by Crippen LogP contribution is -1.93. The molecule has 0 fully saturated rings. The number of nitrogen functional groups attached to an aromatic ring is 1. The van der Waals surface area contributed by atoms with Crippen LogP contribution >= 0.6 is 0 Å². The van der Waals surface area contributed by atoms with Gasteiger partial charge in [-0.1, -0.05) is 0 Å². The molecule has 0 saturated carbocycles. The van der Waals surface area contributed by atoms with E-state index in [1.54, 1.807) is 18.7 Å². The average Bonchev–Trinajstić information content (AvgIpc) is 3.16. The fraction of sp³-hybridized carbons (Fsp3) is 0. The van der Waals surface area contributed by atoms with Crippen molar-refractivity contribution in [2.24, 2.45) is 0 Å². The average molecular weight is 276 g/mol. The van der Waals surface area contributed by atoms with Crippen molar-refractivity contribution < 1.29 is 4.42 Å². The first kappa shape index (κ1) is 11.7. The van der Waals surface area contributed by atoms with Crippen molar-refractivity contribution in [3.8, 4) is 22.5 Å². The van der Waals surface area contributed by atoms with Gasteiger partial charge in [-0.05, 0) is 30.3 Å². The van der Waals surface area contributed by atoms with Crippen molar-refractivity contribution in [3.63, 3.8) is 0 Å². The molecule has 0 radical (unpaired) electrons. The molecule has 4 heterocycles. The van der Waals surface area contributed by atoms with Crippen LogP contribution in [-0.4, -0.2) is 14.4 Å². The molecule has 102 valence electrons. The van der Waals surface area contributed by atoms with E-state index in [1.807, 2.05) is 47.1 Å². The zero-order valence-electron chi connectivity index (χ0n) is 11.1. The van der Waals surface area contributed by atoms with Gasteiger partial charge in [0.05, 0.1) is 30.1 Å². The highest BCUT2D eigenvalue weighted by atomic mass is 16.3. The van der Waals surface area contributed by atoms with Crippen LogP contribution in [0.4, 0.5) is 5.69 Å². The second kappa shape index (κ2) is 4.49. The van der Waals surface area contributed by atoms with Crippen LogP contribution in [0.15, 0.2) is 65.9 Å². The topological polar surface area (TPSA) is 69.3 Å². The van der Waals surface area contributed by atoms with E-state index in [1.165, 1.54) is 0 Å². The summed E-state index contributed by atoms with van der Waals surface area (Å²) in [5.41, 5.74) is 11.2. The third kappa shape index (κ3) is 1.95. The van der Waals surface area contributed by atoms with Gasteiger partial charge >= 0.3 is 0 Å². The number of nitrogens with two attached hydrogens (primary N) is 1. The minimum Gasteiger partial charge on any atom is -0.472 e. The molecule has 2 N–H and O–H groups in total. The summed E-state index contributed by atoms with van der Waals surface area (Å²) in [5.74, 6) is 0. The molecule has 4 aromatic rings. The van der Waals surface area contributed by atoms with Crippen molar-refractivity contribution in [1.82, 2.24) is 14.4 Å². The number of anilines is 1. The van der Waals surface area contributed by atoms with Crippen LogP contribution in [0.1, 0.15) is 0 Å². The lowest BCUT2D eigenvalue weighted by Gasteiger charge is -2.04. The molecule has 0 bridgehead atoms. The van der Waals surface area contributed by atoms with E-state index in [0.29, 0.717) is 5.69 Å². The minimum atomic E-state index is 0.700. The molecule has 4 aromatic heterocycles. The summed E-state index contributed by atoms with van der Waals surface area (Å²) in [6.07, 6.45) is 8.80.